The Morgan fingerprint density at radius 2 is 1.88 bits per heavy atom. The molecule has 0 heterocycles. The van der Waals surface area contributed by atoms with Crippen LogP contribution in [0.1, 0.15) is 32.4 Å². The summed E-state index contributed by atoms with van der Waals surface area (Å²) in [5.41, 5.74) is 0.703. The molecule has 2 atom stereocenters. The number of hydrogen-bond acceptors (Lipinski definition) is 2. The van der Waals surface area contributed by atoms with Gasteiger partial charge in [0, 0.05) is 24.8 Å². The second kappa shape index (κ2) is 6.72. The van der Waals surface area contributed by atoms with Gasteiger partial charge < -0.3 is 10.1 Å². The van der Waals surface area contributed by atoms with E-state index in [1.807, 2.05) is 19.1 Å². The average molecular weight is 239 g/mol. The van der Waals surface area contributed by atoms with Gasteiger partial charge in [0.15, 0.2) is 0 Å². The Labute approximate surface area is 103 Å². The summed E-state index contributed by atoms with van der Waals surface area (Å²) in [6.45, 7) is 6.87. The van der Waals surface area contributed by atoms with Gasteiger partial charge in [-0.25, -0.2) is 4.39 Å². The number of methoxy groups -OCH3 is 1. The van der Waals surface area contributed by atoms with E-state index in [1.54, 1.807) is 13.2 Å². The summed E-state index contributed by atoms with van der Waals surface area (Å²) in [7, 11) is 1.69. The molecule has 17 heavy (non-hydrogen) atoms. The van der Waals surface area contributed by atoms with Crippen molar-refractivity contribution in [3.05, 3.63) is 35.6 Å². The van der Waals surface area contributed by atoms with Crippen molar-refractivity contribution in [2.24, 2.45) is 5.92 Å². The second-order valence-corrected chi connectivity index (χ2v) is 4.72. The first-order chi connectivity index (χ1) is 8.06. The van der Waals surface area contributed by atoms with Crippen molar-refractivity contribution in [3.63, 3.8) is 0 Å². The summed E-state index contributed by atoms with van der Waals surface area (Å²) in [6, 6.07) is 7.09. The average Bonchev–Trinajstić information content (AvgIpc) is 2.28. The van der Waals surface area contributed by atoms with Crippen LogP contribution in [0.2, 0.25) is 0 Å². The van der Waals surface area contributed by atoms with Crippen LogP contribution in [-0.2, 0) is 4.74 Å². The Balaban J connectivity index is 2.70. The van der Waals surface area contributed by atoms with Gasteiger partial charge in [-0.1, -0.05) is 32.0 Å². The van der Waals surface area contributed by atoms with Crippen molar-refractivity contribution in [1.82, 2.24) is 5.32 Å². The number of benzene rings is 1. The molecule has 0 fully saturated rings. The van der Waals surface area contributed by atoms with Gasteiger partial charge in [0.05, 0.1) is 6.61 Å². The highest BCUT2D eigenvalue weighted by Gasteiger charge is 2.18. The van der Waals surface area contributed by atoms with E-state index in [0.717, 1.165) is 0 Å². The molecule has 0 aliphatic heterocycles. The molecule has 0 aliphatic carbocycles. The Hall–Kier alpha value is -0.930. The van der Waals surface area contributed by atoms with Crippen LogP contribution in [0, 0.1) is 11.7 Å². The first-order valence-electron chi connectivity index (χ1n) is 6.05. The summed E-state index contributed by atoms with van der Waals surface area (Å²) >= 11 is 0. The predicted molar refractivity (Wildman–Crippen MR) is 68.5 cm³/mol. The third-order valence-electron chi connectivity index (χ3n) is 2.99. The van der Waals surface area contributed by atoms with Gasteiger partial charge in [-0.15, -0.1) is 0 Å². The number of nitrogens with one attached hydrogen (secondary N) is 1. The van der Waals surface area contributed by atoms with E-state index in [4.69, 9.17) is 4.74 Å². The minimum Gasteiger partial charge on any atom is -0.383 e. The molecule has 0 aliphatic rings. The molecule has 96 valence electrons. The van der Waals surface area contributed by atoms with Gasteiger partial charge in [-0.2, -0.15) is 0 Å². The fourth-order valence-electron chi connectivity index (χ4n) is 1.85. The summed E-state index contributed by atoms with van der Waals surface area (Å²) < 4.78 is 18.8. The van der Waals surface area contributed by atoms with Gasteiger partial charge in [-0.05, 0) is 18.9 Å². The largest absolute Gasteiger partial charge is 0.383 e. The van der Waals surface area contributed by atoms with Crippen LogP contribution >= 0.6 is 0 Å². The van der Waals surface area contributed by atoms with Crippen LogP contribution in [-0.4, -0.2) is 19.8 Å². The molecule has 1 rings (SSSR count). The van der Waals surface area contributed by atoms with Crippen molar-refractivity contribution in [2.45, 2.75) is 32.9 Å². The lowest BCUT2D eigenvalue weighted by molar-refractivity contribution is 0.141. The van der Waals surface area contributed by atoms with Gasteiger partial charge in [0.2, 0.25) is 0 Å². The highest BCUT2D eigenvalue weighted by Crippen LogP contribution is 2.18. The maximum absolute atomic E-state index is 13.6. The summed E-state index contributed by atoms with van der Waals surface area (Å²) in [5, 5.41) is 3.41. The van der Waals surface area contributed by atoms with E-state index >= 15 is 0 Å². The van der Waals surface area contributed by atoms with Gasteiger partial charge in [-0.3, -0.25) is 0 Å². The molecule has 0 saturated carbocycles. The third-order valence-corrected chi connectivity index (χ3v) is 2.99. The monoisotopic (exact) mass is 239 g/mol. The summed E-state index contributed by atoms with van der Waals surface area (Å²) in [6.07, 6.45) is 0. The topological polar surface area (TPSA) is 21.3 Å². The van der Waals surface area contributed by atoms with Crippen LogP contribution in [0.4, 0.5) is 4.39 Å². The zero-order valence-electron chi connectivity index (χ0n) is 11.0. The first-order valence-corrected chi connectivity index (χ1v) is 6.05. The van der Waals surface area contributed by atoms with E-state index in [2.05, 4.69) is 19.2 Å². The molecular formula is C14H22FNO. The van der Waals surface area contributed by atoms with Crippen molar-refractivity contribution in [1.29, 1.82) is 0 Å². The molecular weight excluding hydrogens is 217 g/mol. The Morgan fingerprint density at radius 1 is 1.24 bits per heavy atom. The van der Waals surface area contributed by atoms with Crippen LogP contribution in [0.5, 0.6) is 0 Å². The minimum atomic E-state index is -0.160. The van der Waals surface area contributed by atoms with E-state index in [1.165, 1.54) is 6.07 Å². The number of rotatable bonds is 6. The molecule has 1 aromatic carbocycles. The number of hydrogen-bond donors (Lipinski definition) is 1. The van der Waals surface area contributed by atoms with Gasteiger partial charge in [0.1, 0.15) is 5.82 Å². The molecule has 1 N–H and O–H groups in total. The quantitative estimate of drug-likeness (QED) is 0.823. The zero-order chi connectivity index (χ0) is 12.8. The standard InChI is InChI=1S/C14H22FNO/c1-10(2)14(9-17-4)16-11(3)12-7-5-6-8-13(12)15/h5-8,10-11,14,16H,9H2,1-4H3. The molecule has 2 nitrogen and oxygen atoms in total. The van der Waals surface area contributed by atoms with Crippen LogP contribution in [0.15, 0.2) is 24.3 Å². The van der Waals surface area contributed by atoms with Crippen molar-refractivity contribution < 1.29 is 9.13 Å². The van der Waals surface area contributed by atoms with Crippen LogP contribution < -0.4 is 5.32 Å². The van der Waals surface area contributed by atoms with Gasteiger partial charge in [0.25, 0.3) is 0 Å². The van der Waals surface area contributed by atoms with Crippen molar-refractivity contribution in [2.75, 3.05) is 13.7 Å². The maximum Gasteiger partial charge on any atom is 0.127 e. The Morgan fingerprint density at radius 3 is 2.41 bits per heavy atom. The third kappa shape index (κ3) is 4.10. The highest BCUT2D eigenvalue weighted by molar-refractivity contribution is 5.20. The Kier molecular flexibility index (Phi) is 5.59. The van der Waals surface area contributed by atoms with E-state index in [9.17, 15) is 4.39 Å². The highest BCUT2D eigenvalue weighted by atomic mass is 19.1. The number of halogens is 1. The molecule has 0 bridgehead atoms. The lowest BCUT2D eigenvalue weighted by Crippen LogP contribution is -2.39. The summed E-state index contributed by atoms with van der Waals surface area (Å²) in [5.74, 6) is 0.289. The predicted octanol–water partition coefficient (Wildman–Crippen LogP) is 3.15. The molecule has 0 spiro atoms. The molecule has 1 aromatic rings. The lowest BCUT2D eigenvalue weighted by Gasteiger charge is -2.26. The van der Waals surface area contributed by atoms with E-state index < -0.39 is 0 Å². The Bertz CT molecular complexity index is 341. The summed E-state index contributed by atoms with van der Waals surface area (Å²) in [4.78, 5) is 0. The van der Waals surface area contributed by atoms with Crippen LogP contribution in [0.25, 0.3) is 0 Å². The van der Waals surface area contributed by atoms with Crippen molar-refractivity contribution >= 4 is 0 Å². The molecule has 3 heteroatoms. The molecule has 0 radical (unpaired) electrons. The number of ether oxygens (including phenoxy) is 1. The molecule has 0 amide bonds. The lowest BCUT2D eigenvalue weighted by atomic mass is 10.0. The normalized spacial score (nSPS) is 14.9. The molecule has 0 aromatic heterocycles. The second-order valence-electron chi connectivity index (χ2n) is 4.72. The fourth-order valence-corrected chi connectivity index (χ4v) is 1.85. The van der Waals surface area contributed by atoms with Crippen LogP contribution in [0.3, 0.4) is 0 Å². The zero-order valence-corrected chi connectivity index (χ0v) is 11.0. The molecule has 2 unspecified atom stereocenters. The smallest absolute Gasteiger partial charge is 0.127 e. The van der Waals surface area contributed by atoms with E-state index in [-0.39, 0.29) is 17.9 Å². The first kappa shape index (κ1) is 14.1. The minimum absolute atomic E-state index is 0.0150. The van der Waals surface area contributed by atoms with Crippen molar-refractivity contribution in [3.8, 4) is 0 Å². The van der Waals surface area contributed by atoms with E-state index in [0.29, 0.717) is 18.1 Å². The molecule has 0 saturated heterocycles. The fraction of sp³-hybridized carbons (Fsp3) is 0.571. The van der Waals surface area contributed by atoms with Gasteiger partial charge >= 0.3 is 0 Å². The SMILES string of the molecule is COCC(NC(C)c1ccccc1F)C(C)C. The maximum atomic E-state index is 13.6.